The third kappa shape index (κ3) is 4.73. The third-order valence-corrected chi connectivity index (χ3v) is 16.1. The molecule has 1 heterocycles. The Morgan fingerprint density at radius 2 is 0.815 bits per heavy atom. The molecule has 0 amide bonds. The summed E-state index contributed by atoms with van der Waals surface area (Å²) in [5, 5.41) is 15.2. The molecule has 0 radical (unpaired) electrons. The van der Waals surface area contributed by atoms with E-state index in [2.05, 4.69) is 210 Å². The van der Waals surface area contributed by atoms with Crippen LogP contribution in [0.2, 0.25) is 0 Å². The van der Waals surface area contributed by atoms with Gasteiger partial charge in [-0.05, 0) is 153 Å². The van der Waals surface area contributed by atoms with Crippen molar-refractivity contribution in [2.24, 2.45) is 0 Å². The Hall–Kier alpha value is -7.48. The Kier molecular flexibility index (Phi) is 7.42. The zero-order chi connectivity index (χ0) is 43.3. The van der Waals surface area contributed by atoms with Crippen molar-refractivity contribution in [2.75, 3.05) is 0 Å². The van der Waals surface area contributed by atoms with E-state index in [0.717, 1.165) is 35.0 Å². The van der Waals surface area contributed by atoms with E-state index in [0.29, 0.717) is 0 Å². The SMILES string of the molecule is CCC1(CC)c2ccccc2-c2cc3c(cc21)oc1c(-c2c4ccccc4c(-c4ccc5c(c4)C(C)(C)c4cc6c7ccccc7c7ccccc7c6cc4-5)c4ccccc24)cccc13. The highest BCUT2D eigenvalue weighted by molar-refractivity contribution is 6.27. The van der Waals surface area contributed by atoms with Gasteiger partial charge in [0.2, 0.25) is 0 Å². The average Bonchev–Trinajstić information content (AvgIpc) is 3.94. The number of hydrogen-bond donors (Lipinski definition) is 0. The summed E-state index contributed by atoms with van der Waals surface area (Å²) in [6.07, 6.45) is 2.10. The van der Waals surface area contributed by atoms with Crippen LogP contribution in [0.1, 0.15) is 62.8 Å². The minimum Gasteiger partial charge on any atom is -0.455 e. The standard InChI is InChI=1S/C64H46O/c1-5-64(6-2)55-29-16-15-22-42(55)53-34-54-48-27-17-28-49(62(48)65-59(54)36-58(53)64)61-46-25-13-11-23-44(46)60(45-24-12-14-26-47(45)61)37-30-31-43-52-33-50-40-20-9-7-18-38(40)39-19-8-10-21-41(39)51(50)35-57(52)63(3,4)56(43)32-37/h7-36H,5-6H2,1-4H3. The largest absolute Gasteiger partial charge is 0.455 e. The van der Waals surface area contributed by atoms with Crippen molar-refractivity contribution in [1.82, 2.24) is 0 Å². The monoisotopic (exact) mass is 830 g/mol. The summed E-state index contributed by atoms with van der Waals surface area (Å²) < 4.78 is 7.14. The molecule has 14 rings (SSSR count). The van der Waals surface area contributed by atoms with Gasteiger partial charge in [0.1, 0.15) is 11.2 Å². The van der Waals surface area contributed by atoms with Crippen LogP contribution in [-0.4, -0.2) is 0 Å². The maximum Gasteiger partial charge on any atom is 0.143 e. The summed E-state index contributed by atoms with van der Waals surface area (Å²) in [4.78, 5) is 0. The molecule has 1 nitrogen and oxygen atoms in total. The molecule has 0 N–H and O–H groups in total. The smallest absolute Gasteiger partial charge is 0.143 e. The van der Waals surface area contributed by atoms with E-state index in [1.165, 1.54) is 120 Å². The van der Waals surface area contributed by atoms with Gasteiger partial charge in [0.15, 0.2) is 0 Å². The van der Waals surface area contributed by atoms with Gasteiger partial charge in [0.25, 0.3) is 0 Å². The van der Waals surface area contributed by atoms with Gasteiger partial charge in [-0.15, -0.1) is 0 Å². The van der Waals surface area contributed by atoms with E-state index < -0.39 is 0 Å². The van der Waals surface area contributed by atoms with Crippen LogP contribution in [-0.2, 0) is 10.8 Å². The maximum atomic E-state index is 7.14. The quantitative estimate of drug-likeness (QED) is 0.127. The first-order chi connectivity index (χ1) is 31.9. The Bertz CT molecular complexity index is 4000. The van der Waals surface area contributed by atoms with Crippen molar-refractivity contribution in [3.05, 3.63) is 204 Å². The predicted molar refractivity (Wildman–Crippen MR) is 276 cm³/mol. The van der Waals surface area contributed by atoms with E-state index in [9.17, 15) is 0 Å². The number of furan rings is 1. The molecular weight excluding hydrogens is 785 g/mol. The molecule has 0 unspecified atom stereocenters. The molecule has 308 valence electrons. The normalized spacial score (nSPS) is 14.5. The molecule has 0 saturated carbocycles. The van der Waals surface area contributed by atoms with Crippen LogP contribution in [0.25, 0.3) is 120 Å². The lowest BCUT2D eigenvalue weighted by atomic mass is 9.74. The van der Waals surface area contributed by atoms with Gasteiger partial charge in [-0.2, -0.15) is 0 Å². The van der Waals surface area contributed by atoms with E-state index in [1.807, 2.05) is 0 Å². The van der Waals surface area contributed by atoms with Crippen LogP contribution in [0.3, 0.4) is 0 Å². The first kappa shape index (κ1) is 36.9. The topological polar surface area (TPSA) is 13.1 Å². The summed E-state index contributed by atoms with van der Waals surface area (Å²) in [6, 6.07) is 68.8. The van der Waals surface area contributed by atoms with E-state index in [1.54, 1.807) is 0 Å². The predicted octanol–water partition coefficient (Wildman–Crippen LogP) is 18.1. The fraction of sp³-hybridized carbons (Fsp3) is 0.125. The fourth-order valence-electron chi connectivity index (χ4n) is 13.0. The molecule has 0 spiro atoms. The Balaban J connectivity index is 0.978. The number of hydrogen-bond acceptors (Lipinski definition) is 1. The van der Waals surface area contributed by atoms with Crippen LogP contribution in [0.15, 0.2) is 186 Å². The second kappa shape index (κ2) is 13.1. The van der Waals surface area contributed by atoms with E-state index in [-0.39, 0.29) is 10.8 Å². The van der Waals surface area contributed by atoms with Crippen LogP contribution in [0.4, 0.5) is 0 Å². The lowest BCUT2D eigenvalue weighted by Gasteiger charge is -2.29. The molecule has 2 aliphatic carbocycles. The van der Waals surface area contributed by atoms with Crippen LogP contribution in [0, 0.1) is 0 Å². The van der Waals surface area contributed by atoms with Crippen molar-refractivity contribution >= 4 is 75.8 Å². The maximum absolute atomic E-state index is 7.14. The number of benzene rings is 11. The zero-order valence-corrected chi connectivity index (χ0v) is 37.1. The summed E-state index contributed by atoms with van der Waals surface area (Å²) in [7, 11) is 0. The highest BCUT2D eigenvalue weighted by Crippen LogP contribution is 2.56. The van der Waals surface area contributed by atoms with Crippen LogP contribution >= 0.6 is 0 Å². The van der Waals surface area contributed by atoms with Crippen molar-refractivity contribution in [2.45, 2.75) is 51.4 Å². The third-order valence-electron chi connectivity index (χ3n) is 16.1. The molecule has 65 heavy (non-hydrogen) atoms. The van der Waals surface area contributed by atoms with Crippen molar-refractivity contribution in [3.8, 4) is 44.5 Å². The van der Waals surface area contributed by atoms with Crippen molar-refractivity contribution in [3.63, 3.8) is 0 Å². The summed E-state index contributed by atoms with van der Waals surface area (Å²) in [5.74, 6) is 0. The van der Waals surface area contributed by atoms with Gasteiger partial charge < -0.3 is 4.42 Å². The highest BCUT2D eigenvalue weighted by atomic mass is 16.3. The van der Waals surface area contributed by atoms with Gasteiger partial charge in [-0.1, -0.05) is 179 Å². The molecule has 0 saturated heterocycles. The number of para-hydroxylation sites is 1. The average molecular weight is 831 g/mol. The number of fused-ring (bicyclic) bond motifs is 17. The minimum atomic E-state index is -0.194. The van der Waals surface area contributed by atoms with Crippen LogP contribution < -0.4 is 0 Å². The fourth-order valence-corrected chi connectivity index (χ4v) is 13.0. The molecule has 11 aromatic carbocycles. The highest BCUT2D eigenvalue weighted by Gasteiger charge is 2.41. The second-order valence-electron chi connectivity index (χ2n) is 19.3. The van der Waals surface area contributed by atoms with Crippen molar-refractivity contribution < 1.29 is 4.42 Å². The summed E-state index contributed by atoms with van der Waals surface area (Å²) in [6.45, 7) is 9.51. The summed E-state index contributed by atoms with van der Waals surface area (Å²) in [5.41, 5.74) is 17.6. The molecule has 0 aliphatic heterocycles. The number of rotatable bonds is 4. The second-order valence-corrected chi connectivity index (χ2v) is 19.3. The van der Waals surface area contributed by atoms with Crippen LogP contribution in [0.5, 0.6) is 0 Å². The zero-order valence-electron chi connectivity index (χ0n) is 37.1. The molecule has 12 aromatic rings. The lowest BCUT2D eigenvalue weighted by Crippen LogP contribution is -2.22. The molecule has 0 fully saturated rings. The van der Waals surface area contributed by atoms with E-state index >= 15 is 0 Å². The minimum absolute atomic E-state index is 0.0163. The Labute approximate surface area is 378 Å². The Morgan fingerprint density at radius 1 is 0.338 bits per heavy atom. The van der Waals surface area contributed by atoms with Gasteiger partial charge >= 0.3 is 0 Å². The molecular formula is C64H46O. The summed E-state index contributed by atoms with van der Waals surface area (Å²) >= 11 is 0. The van der Waals surface area contributed by atoms with Gasteiger partial charge in [0, 0.05) is 32.7 Å². The van der Waals surface area contributed by atoms with Gasteiger partial charge in [-0.3, -0.25) is 0 Å². The molecule has 2 aliphatic rings. The molecule has 1 aromatic heterocycles. The molecule has 1 heteroatoms. The van der Waals surface area contributed by atoms with Crippen molar-refractivity contribution in [1.29, 1.82) is 0 Å². The molecule has 0 atom stereocenters. The van der Waals surface area contributed by atoms with Gasteiger partial charge in [0.05, 0.1) is 0 Å². The first-order valence-corrected chi connectivity index (χ1v) is 23.5. The lowest BCUT2D eigenvalue weighted by molar-refractivity contribution is 0.490. The van der Waals surface area contributed by atoms with E-state index in [4.69, 9.17) is 4.42 Å². The Morgan fingerprint density at radius 3 is 1.46 bits per heavy atom. The first-order valence-electron chi connectivity index (χ1n) is 23.5. The molecule has 0 bridgehead atoms. The van der Waals surface area contributed by atoms with Gasteiger partial charge in [-0.25, -0.2) is 0 Å².